The molecule has 2 nitrogen and oxygen atoms in total. The Hall–Kier alpha value is -0.960. The lowest BCUT2D eigenvalue weighted by molar-refractivity contribution is -0.140. The van der Waals surface area contributed by atoms with Gasteiger partial charge in [-0.25, -0.2) is 0 Å². The van der Waals surface area contributed by atoms with E-state index in [1.165, 1.54) is 16.0 Å². The highest BCUT2D eigenvalue weighted by molar-refractivity contribution is 8.00. The predicted octanol–water partition coefficient (Wildman–Crippen LogP) is 3.10. The zero-order valence-corrected chi connectivity index (χ0v) is 10.6. The first-order valence-corrected chi connectivity index (χ1v) is 6.38. The molecule has 1 saturated heterocycles. The smallest absolute Gasteiger partial charge is 0.319 e. The number of hydrogen-bond acceptors (Lipinski definition) is 3. The van der Waals surface area contributed by atoms with Gasteiger partial charge in [0.1, 0.15) is 11.4 Å². The minimum atomic E-state index is -0.0718. The van der Waals surface area contributed by atoms with Gasteiger partial charge in [0.15, 0.2) is 0 Å². The number of cyclic esters (lactones) is 1. The molecule has 86 valence electrons. The predicted molar refractivity (Wildman–Crippen MR) is 65.7 cm³/mol. The van der Waals surface area contributed by atoms with E-state index in [1.54, 1.807) is 11.8 Å². The third kappa shape index (κ3) is 2.40. The number of carbonyl (C=O) groups is 1. The molecule has 0 saturated carbocycles. The highest BCUT2D eigenvalue weighted by Gasteiger charge is 2.32. The van der Waals surface area contributed by atoms with Gasteiger partial charge >= 0.3 is 5.97 Å². The molecule has 1 aromatic carbocycles. The zero-order chi connectivity index (χ0) is 11.7. The Morgan fingerprint density at radius 2 is 2.12 bits per heavy atom. The lowest BCUT2D eigenvalue weighted by atomic mass is 10.2. The van der Waals surface area contributed by atoms with Crippen molar-refractivity contribution in [1.82, 2.24) is 0 Å². The molecule has 2 atom stereocenters. The van der Waals surface area contributed by atoms with Gasteiger partial charge in [0.05, 0.1) is 0 Å². The van der Waals surface area contributed by atoms with Crippen LogP contribution in [0.4, 0.5) is 0 Å². The van der Waals surface area contributed by atoms with Crippen LogP contribution in [-0.4, -0.2) is 17.3 Å². The summed E-state index contributed by atoms with van der Waals surface area (Å²) < 4.78 is 5.15. The molecule has 1 aromatic rings. The molecule has 0 radical (unpaired) electrons. The maximum absolute atomic E-state index is 11.5. The summed E-state index contributed by atoms with van der Waals surface area (Å²) in [5, 5.41) is -0.0311. The SMILES string of the molecule is Cc1ccc(S[C@@H]2C[C@H](C)OC2=O)c(C)c1. The van der Waals surface area contributed by atoms with E-state index in [0.29, 0.717) is 0 Å². The summed E-state index contributed by atoms with van der Waals surface area (Å²) in [7, 11) is 0. The fourth-order valence-electron chi connectivity index (χ4n) is 1.90. The summed E-state index contributed by atoms with van der Waals surface area (Å²) in [5.74, 6) is -0.0718. The number of carbonyl (C=O) groups excluding carboxylic acids is 1. The van der Waals surface area contributed by atoms with E-state index in [2.05, 4.69) is 32.0 Å². The largest absolute Gasteiger partial charge is 0.462 e. The fraction of sp³-hybridized carbons (Fsp3) is 0.462. The lowest BCUT2D eigenvalue weighted by Gasteiger charge is -2.09. The number of rotatable bonds is 2. The van der Waals surface area contributed by atoms with Crippen molar-refractivity contribution in [3.63, 3.8) is 0 Å². The molecular formula is C13H16O2S. The first-order chi connectivity index (χ1) is 7.56. The maximum atomic E-state index is 11.5. The molecule has 1 aliphatic rings. The zero-order valence-electron chi connectivity index (χ0n) is 9.82. The average molecular weight is 236 g/mol. The minimum Gasteiger partial charge on any atom is -0.462 e. The molecule has 0 amide bonds. The van der Waals surface area contributed by atoms with Crippen LogP contribution in [0.2, 0.25) is 0 Å². The van der Waals surface area contributed by atoms with Crippen LogP contribution in [0.25, 0.3) is 0 Å². The normalized spacial score (nSPS) is 24.6. The Kier molecular flexibility index (Phi) is 3.24. The maximum Gasteiger partial charge on any atom is 0.319 e. The lowest BCUT2D eigenvalue weighted by Crippen LogP contribution is -2.09. The summed E-state index contributed by atoms with van der Waals surface area (Å²) in [5.41, 5.74) is 2.49. The Morgan fingerprint density at radius 3 is 2.69 bits per heavy atom. The van der Waals surface area contributed by atoms with E-state index < -0.39 is 0 Å². The summed E-state index contributed by atoms with van der Waals surface area (Å²) >= 11 is 1.62. The molecule has 16 heavy (non-hydrogen) atoms. The van der Waals surface area contributed by atoms with Gasteiger partial charge in [-0.2, -0.15) is 0 Å². The molecule has 0 bridgehead atoms. The van der Waals surface area contributed by atoms with Crippen molar-refractivity contribution in [3.8, 4) is 0 Å². The third-order valence-corrected chi connectivity index (χ3v) is 4.11. The number of thioether (sulfide) groups is 1. The van der Waals surface area contributed by atoms with Crippen molar-refractivity contribution < 1.29 is 9.53 Å². The number of ether oxygens (including phenoxy) is 1. The Balaban J connectivity index is 2.12. The summed E-state index contributed by atoms with van der Waals surface area (Å²) in [4.78, 5) is 12.7. The Labute approximate surface area is 100 Å². The number of aryl methyl sites for hydroxylation is 2. The van der Waals surface area contributed by atoms with Gasteiger partial charge in [0.25, 0.3) is 0 Å². The molecule has 0 aliphatic carbocycles. The molecule has 2 rings (SSSR count). The molecule has 0 spiro atoms. The monoisotopic (exact) mass is 236 g/mol. The second-order valence-electron chi connectivity index (χ2n) is 4.36. The van der Waals surface area contributed by atoms with E-state index >= 15 is 0 Å². The van der Waals surface area contributed by atoms with Crippen molar-refractivity contribution in [2.24, 2.45) is 0 Å². The highest BCUT2D eigenvalue weighted by Crippen LogP contribution is 2.33. The van der Waals surface area contributed by atoms with Crippen LogP contribution < -0.4 is 0 Å². The first-order valence-electron chi connectivity index (χ1n) is 5.50. The summed E-state index contributed by atoms with van der Waals surface area (Å²) in [6, 6.07) is 6.32. The number of hydrogen-bond donors (Lipinski definition) is 0. The van der Waals surface area contributed by atoms with Gasteiger partial charge in [-0.3, -0.25) is 4.79 Å². The van der Waals surface area contributed by atoms with E-state index in [0.717, 1.165) is 6.42 Å². The van der Waals surface area contributed by atoms with Crippen LogP contribution in [0.15, 0.2) is 23.1 Å². The first kappa shape index (κ1) is 11.5. The second-order valence-corrected chi connectivity index (χ2v) is 5.60. The van der Waals surface area contributed by atoms with Crippen molar-refractivity contribution in [2.45, 2.75) is 43.4 Å². The van der Waals surface area contributed by atoms with Gasteiger partial charge in [0.2, 0.25) is 0 Å². The second kappa shape index (κ2) is 4.50. The van der Waals surface area contributed by atoms with Gasteiger partial charge in [-0.15, -0.1) is 11.8 Å². The topological polar surface area (TPSA) is 26.3 Å². The molecule has 0 N–H and O–H groups in total. The van der Waals surface area contributed by atoms with Gasteiger partial charge in [0, 0.05) is 11.3 Å². The van der Waals surface area contributed by atoms with E-state index in [1.807, 2.05) is 6.92 Å². The molecule has 1 fully saturated rings. The Morgan fingerprint density at radius 1 is 1.38 bits per heavy atom. The average Bonchev–Trinajstić information content (AvgIpc) is 2.50. The summed E-state index contributed by atoms with van der Waals surface area (Å²) in [6.07, 6.45) is 0.882. The highest BCUT2D eigenvalue weighted by atomic mass is 32.2. The van der Waals surface area contributed by atoms with Crippen LogP contribution in [0, 0.1) is 13.8 Å². The molecule has 3 heteroatoms. The van der Waals surface area contributed by atoms with Gasteiger partial charge in [-0.1, -0.05) is 17.7 Å². The molecule has 1 heterocycles. The van der Waals surface area contributed by atoms with Gasteiger partial charge < -0.3 is 4.74 Å². The standard InChI is InChI=1S/C13H16O2S/c1-8-4-5-11(9(2)6-8)16-12-7-10(3)15-13(12)14/h4-6,10,12H,7H2,1-3H3/t10-,12+/m0/s1. The quantitative estimate of drug-likeness (QED) is 0.738. The van der Waals surface area contributed by atoms with Crippen molar-refractivity contribution >= 4 is 17.7 Å². The van der Waals surface area contributed by atoms with E-state index in [9.17, 15) is 4.79 Å². The van der Waals surface area contributed by atoms with E-state index in [-0.39, 0.29) is 17.3 Å². The van der Waals surface area contributed by atoms with Crippen LogP contribution in [0.3, 0.4) is 0 Å². The molecule has 0 aromatic heterocycles. The van der Waals surface area contributed by atoms with Crippen molar-refractivity contribution in [2.75, 3.05) is 0 Å². The van der Waals surface area contributed by atoms with Gasteiger partial charge in [-0.05, 0) is 32.4 Å². The third-order valence-electron chi connectivity index (χ3n) is 2.73. The number of esters is 1. The fourth-order valence-corrected chi connectivity index (χ4v) is 3.12. The number of benzene rings is 1. The minimum absolute atomic E-state index is 0.0311. The van der Waals surface area contributed by atoms with Crippen LogP contribution in [-0.2, 0) is 9.53 Å². The van der Waals surface area contributed by atoms with Crippen LogP contribution >= 0.6 is 11.8 Å². The van der Waals surface area contributed by atoms with E-state index in [4.69, 9.17) is 4.74 Å². The molecule has 1 aliphatic heterocycles. The van der Waals surface area contributed by atoms with Crippen molar-refractivity contribution in [1.29, 1.82) is 0 Å². The molecule has 0 unspecified atom stereocenters. The summed E-state index contributed by atoms with van der Waals surface area (Å²) in [6.45, 7) is 6.10. The van der Waals surface area contributed by atoms with Crippen LogP contribution in [0.5, 0.6) is 0 Å². The van der Waals surface area contributed by atoms with Crippen molar-refractivity contribution in [3.05, 3.63) is 29.3 Å². The molecular weight excluding hydrogens is 220 g/mol. The van der Waals surface area contributed by atoms with Crippen LogP contribution in [0.1, 0.15) is 24.5 Å². The Bertz CT molecular complexity index is 414.